The molecule has 7 nitrogen and oxygen atoms in total. The van der Waals surface area contributed by atoms with Gasteiger partial charge in [-0.3, -0.25) is 9.59 Å². The van der Waals surface area contributed by atoms with Crippen LogP contribution in [0.4, 0.5) is 11.6 Å². The summed E-state index contributed by atoms with van der Waals surface area (Å²) in [4.78, 5) is 40.1. The van der Waals surface area contributed by atoms with Crippen LogP contribution in [0.1, 0.15) is 13.3 Å². The summed E-state index contributed by atoms with van der Waals surface area (Å²) in [5.41, 5.74) is 0.893. The van der Waals surface area contributed by atoms with Gasteiger partial charge in [0.1, 0.15) is 0 Å². The van der Waals surface area contributed by atoms with Crippen molar-refractivity contribution in [1.29, 1.82) is 0 Å². The lowest BCUT2D eigenvalue weighted by Crippen LogP contribution is -2.50. The molecule has 0 bridgehead atoms. The Morgan fingerprint density at radius 1 is 1.00 bits per heavy atom. The Labute approximate surface area is 165 Å². The maximum atomic E-state index is 12.9. The number of hydrogen-bond acceptors (Lipinski definition) is 5. The van der Waals surface area contributed by atoms with Gasteiger partial charge in [0.05, 0.1) is 11.8 Å². The number of carbonyl (C=O) groups is 2. The molecule has 2 fully saturated rings. The molecule has 146 valence electrons. The molecule has 2 unspecified atom stereocenters. The molecular weight excluding hydrogens is 354 g/mol. The van der Waals surface area contributed by atoms with Crippen LogP contribution in [0.25, 0.3) is 0 Å². The van der Waals surface area contributed by atoms with Gasteiger partial charge in [-0.15, -0.1) is 0 Å². The molecule has 2 heterocycles. The number of amides is 2. The molecule has 7 heteroatoms. The van der Waals surface area contributed by atoms with E-state index in [-0.39, 0.29) is 23.7 Å². The quantitative estimate of drug-likeness (QED) is 0.793. The van der Waals surface area contributed by atoms with Crippen LogP contribution in [0.3, 0.4) is 0 Å². The predicted octanol–water partition coefficient (Wildman–Crippen LogP) is 1.81. The molecule has 1 aromatic heterocycles. The molecule has 4 rings (SSSR count). The first-order chi connectivity index (χ1) is 13.7. The summed E-state index contributed by atoms with van der Waals surface area (Å²) in [6.45, 7) is 5.29. The Balaban J connectivity index is 1.33. The van der Waals surface area contributed by atoms with Crippen LogP contribution in [0.15, 0.2) is 48.8 Å². The SMILES string of the molecule is CCN(C(=O)C1CC1C(=O)N1CCN(c2ncccn2)CC1)c1ccccc1. The van der Waals surface area contributed by atoms with Gasteiger partial charge < -0.3 is 14.7 Å². The number of nitrogens with zero attached hydrogens (tertiary/aromatic N) is 5. The smallest absolute Gasteiger partial charge is 0.230 e. The summed E-state index contributed by atoms with van der Waals surface area (Å²) in [6.07, 6.45) is 4.11. The largest absolute Gasteiger partial charge is 0.339 e. The number of para-hydroxylation sites is 1. The Hall–Kier alpha value is -2.96. The standard InChI is InChI=1S/C21H25N5O2/c1-2-26(16-7-4-3-5-8-16)20(28)18-15-17(18)19(27)24-11-13-25(14-12-24)21-22-9-6-10-23-21/h3-10,17-18H,2,11-15H2,1H3. The lowest BCUT2D eigenvalue weighted by atomic mass is 10.2. The minimum atomic E-state index is -0.192. The molecule has 28 heavy (non-hydrogen) atoms. The fourth-order valence-electron chi connectivity index (χ4n) is 3.83. The normalized spacial score (nSPS) is 21.3. The second kappa shape index (κ2) is 7.96. The molecule has 1 saturated carbocycles. The van der Waals surface area contributed by atoms with Gasteiger partial charge in [0.25, 0.3) is 0 Å². The summed E-state index contributed by atoms with van der Waals surface area (Å²) in [5, 5.41) is 0. The molecule has 2 amide bonds. The monoisotopic (exact) mass is 379 g/mol. The topological polar surface area (TPSA) is 69.6 Å². The minimum absolute atomic E-state index is 0.0587. The van der Waals surface area contributed by atoms with E-state index in [0.29, 0.717) is 45.1 Å². The van der Waals surface area contributed by atoms with E-state index >= 15 is 0 Å². The molecule has 1 aliphatic heterocycles. The number of hydrogen-bond donors (Lipinski definition) is 0. The highest BCUT2D eigenvalue weighted by Gasteiger charge is 2.51. The number of anilines is 2. The van der Waals surface area contributed by atoms with E-state index in [1.807, 2.05) is 42.2 Å². The van der Waals surface area contributed by atoms with Crippen molar-refractivity contribution in [1.82, 2.24) is 14.9 Å². The maximum Gasteiger partial charge on any atom is 0.230 e. The van der Waals surface area contributed by atoms with E-state index in [1.165, 1.54) is 0 Å². The summed E-state index contributed by atoms with van der Waals surface area (Å²) < 4.78 is 0. The molecular formula is C21H25N5O2. The van der Waals surface area contributed by atoms with Gasteiger partial charge in [0, 0.05) is 50.8 Å². The Kier molecular flexibility index (Phi) is 5.23. The van der Waals surface area contributed by atoms with Gasteiger partial charge in [-0.25, -0.2) is 9.97 Å². The van der Waals surface area contributed by atoms with Gasteiger partial charge in [0.2, 0.25) is 17.8 Å². The van der Waals surface area contributed by atoms with Crippen molar-refractivity contribution in [2.45, 2.75) is 13.3 Å². The van der Waals surface area contributed by atoms with Crippen molar-refractivity contribution in [2.24, 2.45) is 11.8 Å². The summed E-state index contributed by atoms with van der Waals surface area (Å²) in [7, 11) is 0. The first-order valence-corrected chi connectivity index (χ1v) is 9.86. The van der Waals surface area contributed by atoms with E-state index in [2.05, 4.69) is 14.9 Å². The van der Waals surface area contributed by atoms with Crippen LogP contribution in [0.5, 0.6) is 0 Å². The van der Waals surface area contributed by atoms with Crippen LogP contribution >= 0.6 is 0 Å². The lowest BCUT2D eigenvalue weighted by Gasteiger charge is -2.34. The lowest BCUT2D eigenvalue weighted by molar-refractivity contribution is -0.134. The van der Waals surface area contributed by atoms with Crippen LogP contribution in [0, 0.1) is 11.8 Å². The van der Waals surface area contributed by atoms with Crippen LogP contribution in [-0.2, 0) is 9.59 Å². The molecule has 0 radical (unpaired) electrons. The molecule has 0 N–H and O–H groups in total. The fourth-order valence-corrected chi connectivity index (χ4v) is 3.83. The predicted molar refractivity (Wildman–Crippen MR) is 107 cm³/mol. The Bertz CT molecular complexity index is 821. The van der Waals surface area contributed by atoms with Crippen LogP contribution in [-0.4, -0.2) is 59.4 Å². The van der Waals surface area contributed by atoms with Gasteiger partial charge in [0.15, 0.2) is 0 Å². The zero-order chi connectivity index (χ0) is 19.5. The van der Waals surface area contributed by atoms with Gasteiger partial charge in [-0.2, -0.15) is 0 Å². The summed E-state index contributed by atoms with van der Waals surface area (Å²) >= 11 is 0. The van der Waals surface area contributed by atoms with Gasteiger partial charge >= 0.3 is 0 Å². The van der Waals surface area contributed by atoms with Crippen molar-refractivity contribution in [3.05, 3.63) is 48.8 Å². The summed E-state index contributed by atoms with van der Waals surface area (Å²) in [5.74, 6) is 0.503. The Morgan fingerprint density at radius 2 is 1.68 bits per heavy atom. The average Bonchev–Trinajstić information content (AvgIpc) is 3.56. The van der Waals surface area contributed by atoms with Gasteiger partial charge in [-0.05, 0) is 31.5 Å². The third-order valence-electron chi connectivity index (χ3n) is 5.50. The van der Waals surface area contributed by atoms with Crippen LogP contribution < -0.4 is 9.80 Å². The van der Waals surface area contributed by atoms with Crippen molar-refractivity contribution in [2.75, 3.05) is 42.5 Å². The molecule has 1 aliphatic carbocycles. The van der Waals surface area contributed by atoms with Crippen molar-refractivity contribution in [3.8, 4) is 0 Å². The van der Waals surface area contributed by atoms with Crippen molar-refractivity contribution in [3.63, 3.8) is 0 Å². The maximum absolute atomic E-state index is 12.9. The first-order valence-electron chi connectivity index (χ1n) is 9.86. The molecule has 2 aromatic rings. The van der Waals surface area contributed by atoms with E-state index < -0.39 is 0 Å². The number of rotatable bonds is 5. The highest BCUT2D eigenvalue weighted by atomic mass is 16.2. The molecule has 0 spiro atoms. The zero-order valence-electron chi connectivity index (χ0n) is 16.1. The van der Waals surface area contributed by atoms with Crippen molar-refractivity contribution >= 4 is 23.5 Å². The van der Waals surface area contributed by atoms with Crippen molar-refractivity contribution < 1.29 is 9.59 Å². The first kappa shape index (κ1) is 18.4. The number of aromatic nitrogens is 2. The van der Waals surface area contributed by atoms with Gasteiger partial charge in [-0.1, -0.05) is 18.2 Å². The molecule has 1 saturated heterocycles. The van der Waals surface area contributed by atoms with Crippen LogP contribution in [0.2, 0.25) is 0 Å². The van der Waals surface area contributed by atoms with E-state index in [1.54, 1.807) is 23.4 Å². The Morgan fingerprint density at radius 3 is 2.32 bits per heavy atom. The molecule has 2 aliphatic rings. The minimum Gasteiger partial charge on any atom is -0.339 e. The number of piperazine rings is 1. The highest BCUT2D eigenvalue weighted by Crippen LogP contribution is 2.42. The number of benzene rings is 1. The van der Waals surface area contributed by atoms with E-state index in [9.17, 15) is 9.59 Å². The average molecular weight is 379 g/mol. The molecule has 1 aromatic carbocycles. The molecule has 2 atom stereocenters. The third-order valence-corrected chi connectivity index (χ3v) is 5.50. The second-order valence-electron chi connectivity index (χ2n) is 7.23. The number of carbonyl (C=O) groups excluding carboxylic acids is 2. The van der Waals surface area contributed by atoms with E-state index in [0.717, 1.165) is 5.69 Å². The zero-order valence-corrected chi connectivity index (χ0v) is 16.1. The fraction of sp³-hybridized carbons (Fsp3) is 0.429. The highest BCUT2D eigenvalue weighted by molar-refractivity contribution is 6.01. The van der Waals surface area contributed by atoms with E-state index in [4.69, 9.17) is 0 Å². The summed E-state index contributed by atoms with van der Waals surface area (Å²) in [6, 6.07) is 11.5. The third kappa shape index (κ3) is 3.69. The second-order valence-corrected chi connectivity index (χ2v) is 7.23.